The molecule has 5 aliphatic rings. The van der Waals surface area contributed by atoms with Gasteiger partial charge in [0.2, 0.25) is 0 Å². The van der Waals surface area contributed by atoms with Crippen LogP contribution >= 0.6 is 23.5 Å². The lowest BCUT2D eigenvalue weighted by atomic mass is 9.67. The fraction of sp³-hybridized carbons (Fsp3) is 0.0370. The van der Waals surface area contributed by atoms with E-state index in [0.717, 1.165) is 22.6 Å². The Kier molecular flexibility index (Phi) is 10.4. The van der Waals surface area contributed by atoms with Crippen molar-refractivity contribution < 1.29 is 0 Å². The molecule has 13 aromatic rings. The zero-order valence-electron chi connectivity index (χ0n) is 45.7. The summed E-state index contributed by atoms with van der Waals surface area (Å²) in [4.78, 5) is 7.86. The second kappa shape index (κ2) is 18.2. The highest BCUT2D eigenvalue weighted by molar-refractivity contribution is 7.99. The van der Waals surface area contributed by atoms with Crippen LogP contribution in [0.4, 0.5) is 17.1 Å². The molecule has 392 valence electrons. The molecule has 0 saturated heterocycles. The van der Waals surface area contributed by atoms with Crippen LogP contribution in [-0.4, -0.2) is 0 Å². The molecule has 3 heteroatoms. The number of para-hydroxylation sites is 1. The van der Waals surface area contributed by atoms with Crippen molar-refractivity contribution in [3.8, 4) is 44.5 Å². The smallest absolute Gasteiger partial charge is 0.0736 e. The SMILES string of the molecule is c1ccc(C2(c3ccccc3)c3ccccc3-c3c(-c4ccccc4N(c4cccc5c4-c4ccccc4C54c5ccccc5Sc5ccccc54)c4cccc5c4-c4ccccc4C54c5ccccc5Sc5ccccc54)cccc32)cc1. The highest BCUT2D eigenvalue weighted by Crippen LogP contribution is 2.68. The maximum atomic E-state index is 2.69. The van der Waals surface area contributed by atoms with Gasteiger partial charge in [-0.1, -0.05) is 290 Å². The summed E-state index contributed by atoms with van der Waals surface area (Å²) in [5, 5.41) is 0. The lowest BCUT2D eigenvalue weighted by molar-refractivity contribution is 0.722. The number of hydrogen-bond acceptors (Lipinski definition) is 3. The summed E-state index contributed by atoms with van der Waals surface area (Å²) in [6.45, 7) is 0. The van der Waals surface area contributed by atoms with E-state index in [1.807, 2.05) is 23.5 Å². The molecule has 2 spiro atoms. The normalized spacial score (nSPS) is 14.9. The van der Waals surface area contributed by atoms with E-state index >= 15 is 0 Å². The molecule has 13 aromatic carbocycles. The Morgan fingerprint density at radius 1 is 0.190 bits per heavy atom. The van der Waals surface area contributed by atoms with Crippen LogP contribution in [-0.2, 0) is 16.2 Å². The summed E-state index contributed by atoms with van der Waals surface area (Å²) in [5.74, 6) is 0. The molecule has 2 heterocycles. The summed E-state index contributed by atoms with van der Waals surface area (Å²) in [7, 11) is 0. The van der Waals surface area contributed by atoms with Crippen molar-refractivity contribution in [2.45, 2.75) is 35.8 Å². The minimum Gasteiger partial charge on any atom is -0.309 e. The van der Waals surface area contributed by atoms with Crippen molar-refractivity contribution in [1.82, 2.24) is 0 Å². The molecule has 1 nitrogen and oxygen atoms in total. The Morgan fingerprint density at radius 2 is 0.476 bits per heavy atom. The standard InChI is InChI=1S/C81H51NS2/c1-3-26-52(27-4-1)79(53-28-5-2-6-29-53)59-35-11-7-31-56(59)76-55(34-23-42-66(76)79)54-30-10-18-45-69(54)82(70-46-24-43-67-77(70)57-32-8-12-36-60(57)80(67)62-38-14-19-48-72(62)83-73-49-20-15-39-63(73)80)71-47-25-44-68-78(71)58-33-9-13-37-61(58)81(68)64-40-16-21-50-74(64)84-75-51-22-17-41-65(75)81/h1-51H. The van der Waals surface area contributed by atoms with Crippen molar-refractivity contribution in [3.05, 3.63) is 376 Å². The fourth-order valence-electron chi connectivity index (χ4n) is 16.1. The van der Waals surface area contributed by atoms with Crippen LogP contribution in [0.1, 0.15) is 66.8 Å². The van der Waals surface area contributed by atoms with Gasteiger partial charge in [0.25, 0.3) is 0 Å². The molecule has 0 aromatic heterocycles. The van der Waals surface area contributed by atoms with E-state index in [2.05, 4.69) is 314 Å². The first-order valence-electron chi connectivity index (χ1n) is 29.2. The monoisotopic (exact) mass is 1100 g/mol. The van der Waals surface area contributed by atoms with E-state index in [4.69, 9.17) is 0 Å². The third kappa shape index (κ3) is 6.17. The molecule has 3 aliphatic carbocycles. The number of rotatable bonds is 6. The maximum absolute atomic E-state index is 2.69. The first-order chi connectivity index (χ1) is 41.7. The number of fused-ring (bicyclic) bond motifs is 21. The highest BCUT2D eigenvalue weighted by Gasteiger charge is 2.54. The second-order valence-corrected chi connectivity index (χ2v) is 25.0. The van der Waals surface area contributed by atoms with Crippen LogP contribution in [0.25, 0.3) is 44.5 Å². The minimum atomic E-state index is -0.573. The van der Waals surface area contributed by atoms with Crippen molar-refractivity contribution >= 4 is 40.6 Å². The molecule has 18 rings (SSSR count). The second-order valence-electron chi connectivity index (χ2n) is 22.8. The quantitative estimate of drug-likeness (QED) is 0.163. The van der Waals surface area contributed by atoms with E-state index in [-0.39, 0.29) is 0 Å². The summed E-state index contributed by atoms with van der Waals surface area (Å²) in [6, 6.07) is 118. The Labute approximate surface area is 498 Å². The third-order valence-electron chi connectivity index (χ3n) is 19.1. The summed E-state index contributed by atoms with van der Waals surface area (Å²) in [6.07, 6.45) is 0. The summed E-state index contributed by atoms with van der Waals surface area (Å²) in [5.41, 5.74) is 27.2. The van der Waals surface area contributed by atoms with Crippen LogP contribution in [0.2, 0.25) is 0 Å². The lowest BCUT2D eigenvalue weighted by Crippen LogP contribution is -2.32. The van der Waals surface area contributed by atoms with Gasteiger partial charge in [-0.05, 0) is 137 Å². The Hall–Kier alpha value is -9.64. The maximum Gasteiger partial charge on any atom is 0.0736 e. The van der Waals surface area contributed by atoms with Crippen LogP contribution in [0.5, 0.6) is 0 Å². The molecule has 0 saturated carbocycles. The average Bonchev–Trinajstić information content (AvgIpc) is 1.61. The van der Waals surface area contributed by atoms with Gasteiger partial charge in [-0.25, -0.2) is 0 Å². The van der Waals surface area contributed by atoms with Gasteiger partial charge in [-0.2, -0.15) is 0 Å². The van der Waals surface area contributed by atoms with E-state index in [9.17, 15) is 0 Å². The van der Waals surface area contributed by atoms with E-state index < -0.39 is 16.2 Å². The van der Waals surface area contributed by atoms with E-state index in [1.54, 1.807) is 0 Å². The van der Waals surface area contributed by atoms with Gasteiger partial charge < -0.3 is 4.90 Å². The van der Waals surface area contributed by atoms with E-state index in [0.29, 0.717) is 0 Å². The molecule has 0 radical (unpaired) electrons. The number of hydrogen-bond donors (Lipinski definition) is 0. The van der Waals surface area contributed by atoms with Gasteiger partial charge in [-0.15, -0.1) is 0 Å². The predicted octanol–water partition coefficient (Wildman–Crippen LogP) is 20.8. The molecule has 0 bridgehead atoms. The molecular weight excluding hydrogens is 1050 g/mol. The highest BCUT2D eigenvalue weighted by atomic mass is 32.2. The first-order valence-corrected chi connectivity index (χ1v) is 30.8. The van der Waals surface area contributed by atoms with Gasteiger partial charge in [0.1, 0.15) is 0 Å². The first kappa shape index (κ1) is 47.9. The number of anilines is 3. The van der Waals surface area contributed by atoms with Crippen molar-refractivity contribution in [2.75, 3.05) is 4.90 Å². The van der Waals surface area contributed by atoms with E-state index in [1.165, 1.54) is 125 Å². The molecular formula is C81H51NS2. The molecule has 0 N–H and O–H groups in total. The summed E-state index contributed by atoms with van der Waals surface area (Å²) < 4.78 is 0. The largest absolute Gasteiger partial charge is 0.309 e. The van der Waals surface area contributed by atoms with Crippen LogP contribution < -0.4 is 4.90 Å². The van der Waals surface area contributed by atoms with Gasteiger partial charge in [0.05, 0.1) is 33.3 Å². The lowest BCUT2D eigenvalue weighted by Gasteiger charge is -2.40. The zero-order chi connectivity index (χ0) is 55.1. The van der Waals surface area contributed by atoms with Gasteiger partial charge >= 0.3 is 0 Å². The predicted molar refractivity (Wildman–Crippen MR) is 347 cm³/mol. The minimum absolute atomic E-state index is 0.564. The zero-order valence-corrected chi connectivity index (χ0v) is 47.3. The molecule has 0 atom stereocenters. The van der Waals surface area contributed by atoms with Crippen molar-refractivity contribution in [1.29, 1.82) is 0 Å². The molecule has 0 fully saturated rings. The van der Waals surface area contributed by atoms with Gasteiger partial charge in [0, 0.05) is 36.3 Å². The molecule has 0 amide bonds. The summed E-state index contributed by atoms with van der Waals surface area (Å²) >= 11 is 3.79. The van der Waals surface area contributed by atoms with Crippen molar-refractivity contribution in [2.24, 2.45) is 0 Å². The molecule has 84 heavy (non-hydrogen) atoms. The van der Waals surface area contributed by atoms with Crippen molar-refractivity contribution in [3.63, 3.8) is 0 Å². The molecule has 0 unspecified atom stereocenters. The van der Waals surface area contributed by atoms with Crippen LogP contribution in [0.3, 0.4) is 0 Å². The Morgan fingerprint density at radius 3 is 0.917 bits per heavy atom. The molecule has 2 aliphatic heterocycles. The van der Waals surface area contributed by atoms with Crippen LogP contribution in [0.15, 0.2) is 329 Å². The topological polar surface area (TPSA) is 3.24 Å². The Balaban J connectivity index is 0.973. The average molecular weight is 1100 g/mol. The van der Waals surface area contributed by atoms with Crippen LogP contribution in [0, 0.1) is 0 Å². The fourth-order valence-corrected chi connectivity index (χ4v) is 18.5. The number of benzene rings is 13. The third-order valence-corrected chi connectivity index (χ3v) is 21.4. The van der Waals surface area contributed by atoms with Gasteiger partial charge in [0.15, 0.2) is 0 Å². The Bertz CT molecular complexity index is 4560. The number of nitrogens with zero attached hydrogens (tertiary/aromatic N) is 1. The van der Waals surface area contributed by atoms with Gasteiger partial charge in [-0.3, -0.25) is 0 Å².